The number of hydrogen-bond acceptors (Lipinski definition) is 5. The molecule has 1 saturated heterocycles. The van der Waals surface area contributed by atoms with Gasteiger partial charge in [0.1, 0.15) is 5.75 Å². The van der Waals surface area contributed by atoms with E-state index in [4.69, 9.17) is 4.74 Å². The van der Waals surface area contributed by atoms with E-state index in [-0.39, 0.29) is 12.5 Å². The lowest BCUT2D eigenvalue weighted by atomic mass is 10.0. The topological polar surface area (TPSA) is 70.8 Å². The Kier molecular flexibility index (Phi) is 6.70. The van der Waals surface area contributed by atoms with Gasteiger partial charge in [0.25, 0.3) is 5.91 Å². The van der Waals surface area contributed by atoms with Crippen molar-refractivity contribution >= 4 is 5.91 Å². The minimum Gasteiger partial charge on any atom is -0.483 e. The predicted molar refractivity (Wildman–Crippen MR) is 107 cm³/mol. The van der Waals surface area contributed by atoms with Crippen LogP contribution < -0.4 is 4.74 Å². The molecular weight excluding hydrogens is 356 g/mol. The third-order valence-corrected chi connectivity index (χ3v) is 5.30. The second-order valence-corrected chi connectivity index (χ2v) is 7.65. The molecular formula is C21H30N4O3. The van der Waals surface area contributed by atoms with Crippen LogP contribution in [0.3, 0.4) is 0 Å². The number of para-hydroxylation sites is 1. The molecule has 1 N–H and O–H groups in total. The van der Waals surface area contributed by atoms with E-state index in [9.17, 15) is 9.90 Å². The van der Waals surface area contributed by atoms with Crippen LogP contribution in [0.2, 0.25) is 0 Å². The van der Waals surface area contributed by atoms with E-state index in [1.54, 1.807) is 25.0 Å². The van der Waals surface area contributed by atoms with Crippen molar-refractivity contribution in [1.29, 1.82) is 0 Å². The van der Waals surface area contributed by atoms with Crippen LogP contribution in [0.25, 0.3) is 0 Å². The van der Waals surface area contributed by atoms with Crippen molar-refractivity contribution in [2.24, 2.45) is 7.05 Å². The zero-order chi connectivity index (χ0) is 20.1. The molecule has 152 valence electrons. The molecule has 1 amide bonds. The second-order valence-electron chi connectivity index (χ2n) is 7.65. The standard InChI is InChI=1S/C21H30N4O3/c1-23(2)21(27)15-28-20-9-5-4-7-16(20)14-25-10-6-8-18(25)11-19(26)17-12-22-24(3)13-17/h4-5,7,9,12-13,18-19,26H,6,8,10-11,14-15H2,1-3H3. The Bertz CT molecular complexity index is 789. The normalized spacial score (nSPS) is 18.2. The van der Waals surface area contributed by atoms with Gasteiger partial charge in [-0.1, -0.05) is 18.2 Å². The van der Waals surface area contributed by atoms with Crippen molar-refractivity contribution < 1.29 is 14.6 Å². The van der Waals surface area contributed by atoms with Crippen LogP contribution in [0.15, 0.2) is 36.7 Å². The molecule has 2 unspecified atom stereocenters. The van der Waals surface area contributed by atoms with Gasteiger partial charge in [0.2, 0.25) is 0 Å². The molecule has 2 heterocycles. The molecule has 3 rings (SSSR count). The Morgan fingerprint density at radius 1 is 1.39 bits per heavy atom. The molecule has 1 fully saturated rings. The summed E-state index contributed by atoms with van der Waals surface area (Å²) in [7, 11) is 5.30. The third kappa shape index (κ3) is 5.11. The number of likely N-dealkylation sites (tertiary alicyclic amines) is 1. The SMILES string of the molecule is CN(C)C(=O)COc1ccccc1CN1CCCC1CC(O)c1cnn(C)c1. The minimum atomic E-state index is -0.511. The van der Waals surface area contributed by atoms with Crippen molar-refractivity contribution in [2.45, 2.75) is 38.0 Å². The van der Waals surface area contributed by atoms with Gasteiger partial charge in [0, 0.05) is 51.1 Å². The van der Waals surface area contributed by atoms with Gasteiger partial charge in [-0.15, -0.1) is 0 Å². The Hall–Kier alpha value is -2.38. The molecule has 0 radical (unpaired) electrons. The monoisotopic (exact) mass is 386 g/mol. The largest absolute Gasteiger partial charge is 0.483 e. The number of ether oxygens (including phenoxy) is 1. The van der Waals surface area contributed by atoms with Crippen LogP contribution in [0.1, 0.15) is 36.5 Å². The highest BCUT2D eigenvalue weighted by molar-refractivity contribution is 5.77. The van der Waals surface area contributed by atoms with Crippen molar-refractivity contribution in [3.63, 3.8) is 0 Å². The number of rotatable bonds is 8. The Labute approximate surface area is 166 Å². The predicted octanol–water partition coefficient (Wildman–Crippen LogP) is 1.98. The minimum absolute atomic E-state index is 0.0349. The summed E-state index contributed by atoms with van der Waals surface area (Å²) in [6.45, 7) is 1.78. The molecule has 1 aliphatic rings. The van der Waals surface area contributed by atoms with Gasteiger partial charge in [-0.25, -0.2) is 0 Å². The number of carbonyl (C=O) groups is 1. The number of aryl methyl sites for hydroxylation is 1. The summed E-state index contributed by atoms with van der Waals surface area (Å²) >= 11 is 0. The van der Waals surface area contributed by atoms with Crippen LogP contribution in [0.5, 0.6) is 5.75 Å². The van der Waals surface area contributed by atoms with E-state index in [1.807, 2.05) is 37.5 Å². The smallest absolute Gasteiger partial charge is 0.259 e. The summed E-state index contributed by atoms with van der Waals surface area (Å²) in [5, 5.41) is 14.7. The molecule has 2 atom stereocenters. The summed E-state index contributed by atoms with van der Waals surface area (Å²) in [5.74, 6) is 0.685. The maximum atomic E-state index is 11.8. The fourth-order valence-corrected chi connectivity index (χ4v) is 3.64. The van der Waals surface area contributed by atoms with Crippen molar-refractivity contribution in [2.75, 3.05) is 27.2 Å². The van der Waals surface area contributed by atoms with Gasteiger partial charge in [-0.2, -0.15) is 5.10 Å². The first-order valence-electron chi connectivity index (χ1n) is 9.75. The maximum absolute atomic E-state index is 11.8. The first-order chi connectivity index (χ1) is 13.4. The molecule has 0 spiro atoms. The van der Waals surface area contributed by atoms with E-state index >= 15 is 0 Å². The zero-order valence-corrected chi connectivity index (χ0v) is 16.9. The fourth-order valence-electron chi connectivity index (χ4n) is 3.64. The lowest BCUT2D eigenvalue weighted by Gasteiger charge is -2.27. The Balaban J connectivity index is 1.63. The first kappa shape index (κ1) is 20.4. The van der Waals surface area contributed by atoms with Crippen LogP contribution in [0.4, 0.5) is 0 Å². The summed E-state index contributed by atoms with van der Waals surface area (Å²) in [6.07, 6.45) is 5.97. The van der Waals surface area contributed by atoms with Crippen molar-refractivity contribution in [3.05, 3.63) is 47.8 Å². The molecule has 1 aromatic heterocycles. The molecule has 1 aromatic carbocycles. The highest BCUT2D eigenvalue weighted by Gasteiger charge is 2.28. The average molecular weight is 386 g/mol. The lowest BCUT2D eigenvalue weighted by molar-refractivity contribution is -0.130. The Morgan fingerprint density at radius 3 is 2.89 bits per heavy atom. The van der Waals surface area contributed by atoms with Gasteiger partial charge in [0.05, 0.1) is 12.3 Å². The molecule has 28 heavy (non-hydrogen) atoms. The summed E-state index contributed by atoms with van der Waals surface area (Å²) in [6, 6.07) is 8.18. The summed E-state index contributed by atoms with van der Waals surface area (Å²) < 4.78 is 7.50. The second kappa shape index (κ2) is 9.21. The number of hydrogen-bond donors (Lipinski definition) is 1. The number of likely N-dealkylation sites (N-methyl/N-ethyl adjacent to an activating group) is 1. The van der Waals surface area contributed by atoms with Crippen LogP contribution >= 0.6 is 0 Å². The molecule has 1 aliphatic heterocycles. The molecule has 7 heteroatoms. The quantitative estimate of drug-likeness (QED) is 0.751. The van der Waals surface area contributed by atoms with Gasteiger partial charge in [-0.05, 0) is 31.9 Å². The van der Waals surface area contributed by atoms with Gasteiger partial charge < -0.3 is 14.7 Å². The number of aliphatic hydroxyl groups is 1. The molecule has 0 bridgehead atoms. The van der Waals surface area contributed by atoms with Crippen molar-refractivity contribution in [3.8, 4) is 5.75 Å². The highest BCUT2D eigenvalue weighted by Crippen LogP contribution is 2.30. The first-order valence-corrected chi connectivity index (χ1v) is 9.75. The van der Waals surface area contributed by atoms with E-state index in [2.05, 4.69) is 10.00 Å². The molecule has 7 nitrogen and oxygen atoms in total. The molecule has 2 aromatic rings. The summed E-state index contributed by atoms with van der Waals surface area (Å²) in [5.41, 5.74) is 1.93. The molecule has 0 aliphatic carbocycles. The number of benzene rings is 1. The number of nitrogens with zero attached hydrogens (tertiary/aromatic N) is 4. The zero-order valence-electron chi connectivity index (χ0n) is 16.9. The number of amides is 1. The van der Waals surface area contributed by atoms with Crippen LogP contribution in [-0.2, 0) is 18.4 Å². The van der Waals surface area contributed by atoms with Gasteiger partial charge in [-0.3, -0.25) is 14.4 Å². The van der Waals surface area contributed by atoms with E-state index < -0.39 is 6.10 Å². The molecule has 0 saturated carbocycles. The summed E-state index contributed by atoms with van der Waals surface area (Å²) in [4.78, 5) is 15.8. The lowest BCUT2D eigenvalue weighted by Crippen LogP contribution is -2.31. The van der Waals surface area contributed by atoms with E-state index in [0.29, 0.717) is 12.5 Å². The van der Waals surface area contributed by atoms with Gasteiger partial charge >= 0.3 is 0 Å². The Morgan fingerprint density at radius 2 is 2.18 bits per heavy atom. The van der Waals surface area contributed by atoms with Crippen LogP contribution in [-0.4, -0.2) is 63.9 Å². The average Bonchev–Trinajstić information content (AvgIpc) is 3.29. The fraction of sp³-hybridized carbons (Fsp3) is 0.524. The number of carbonyl (C=O) groups excluding carboxylic acids is 1. The number of aliphatic hydroxyl groups excluding tert-OH is 1. The van der Waals surface area contributed by atoms with Gasteiger partial charge in [0.15, 0.2) is 6.61 Å². The van der Waals surface area contributed by atoms with Crippen molar-refractivity contribution in [1.82, 2.24) is 19.6 Å². The third-order valence-electron chi connectivity index (χ3n) is 5.30. The van der Waals surface area contributed by atoms with E-state index in [1.165, 1.54) is 4.90 Å². The maximum Gasteiger partial charge on any atom is 0.259 e. The van der Waals surface area contributed by atoms with E-state index in [0.717, 1.165) is 42.8 Å². The number of aromatic nitrogens is 2. The van der Waals surface area contributed by atoms with Crippen LogP contribution in [0, 0.1) is 0 Å². The highest BCUT2D eigenvalue weighted by atomic mass is 16.5.